The van der Waals surface area contributed by atoms with E-state index in [4.69, 9.17) is 0 Å². The van der Waals surface area contributed by atoms with Gasteiger partial charge in [-0.3, -0.25) is 9.59 Å². The van der Waals surface area contributed by atoms with Gasteiger partial charge in [-0.1, -0.05) is 13.3 Å². The van der Waals surface area contributed by atoms with E-state index in [0.717, 1.165) is 19.3 Å². The largest absolute Gasteiger partial charge is 0.291 e. The number of ketones is 2. The smallest absolute Gasteiger partial charge is 0.201 e. The topological polar surface area (TPSA) is 34.1 Å². The number of hydrogen-bond acceptors (Lipinski definition) is 2. The Bertz CT molecular complexity index is 157. The van der Waals surface area contributed by atoms with Crippen LogP contribution in [0, 0.1) is 5.92 Å². The van der Waals surface area contributed by atoms with Crippen molar-refractivity contribution in [3.05, 3.63) is 0 Å². The number of Topliss-reactive ketones (excluding diaryl/α,β-unsaturated/α-hetero) is 2. The Hall–Kier alpha value is -0.660. The van der Waals surface area contributed by atoms with E-state index < -0.39 is 0 Å². The van der Waals surface area contributed by atoms with E-state index >= 15 is 0 Å². The van der Waals surface area contributed by atoms with Gasteiger partial charge in [-0.05, 0) is 12.8 Å². The molecule has 0 aromatic rings. The van der Waals surface area contributed by atoms with Gasteiger partial charge in [0.1, 0.15) is 0 Å². The molecule has 56 valence electrons. The van der Waals surface area contributed by atoms with Crippen LogP contribution in [0.2, 0.25) is 0 Å². The maximum absolute atomic E-state index is 11.0. The van der Waals surface area contributed by atoms with E-state index in [0.29, 0.717) is 6.42 Å². The van der Waals surface area contributed by atoms with Crippen molar-refractivity contribution in [1.29, 1.82) is 0 Å². The van der Waals surface area contributed by atoms with Crippen LogP contribution in [0.4, 0.5) is 0 Å². The van der Waals surface area contributed by atoms with Gasteiger partial charge >= 0.3 is 0 Å². The molecule has 2 heteroatoms. The summed E-state index contributed by atoms with van der Waals surface area (Å²) in [6, 6.07) is 0. The number of carbonyl (C=O) groups is 2. The van der Waals surface area contributed by atoms with Crippen LogP contribution >= 0.6 is 0 Å². The minimum absolute atomic E-state index is 0.0902. The van der Waals surface area contributed by atoms with Crippen molar-refractivity contribution in [1.82, 2.24) is 0 Å². The maximum Gasteiger partial charge on any atom is 0.201 e. The number of carbonyl (C=O) groups excluding carboxylic acids is 2. The zero-order valence-electron chi connectivity index (χ0n) is 6.22. The fraction of sp³-hybridized carbons (Fsp3) is 0.750. The molecule has 1 aliphatic rings. The Morgan fingerprint density at radius 2 is 2.00 bits per heavy atom. The van der Waals surface area contributed by atoms with Gasteiger partial charge < -0.3 is 0 Å². The molecule has 0 unspecified atom stereocenters. The molecule has 0 heterocycles. The third-order valence-corrected chi connectivity index (χ3v) is 2.07. The van der Waals surface area contributed by atoms with Crippen LogP contribution in [-0.2, 0) is 9.59 Å². The molecule has 2 nitrogen and oxygen atoms in total. The lowest BCUT2D eigenvalue weighted by atomic mass is 9.80. The predicted octanol–water partition coefficient (Wildman–Crippen LogP) is 1.33. The standard InChI is InChI=1S/C8H12O2/c1-2-7(9)8(10)6-4-3-5-6/h6H,2-5H2,1H3. The van der Waals surface area contributed by atoms with Gasteiger partial charge in [0.05, 0.1) is 0 Å². The third kappa shape index (κ3) is 1.25. The van der Waals surface area contributed by atoms with E-state index in [2.05, 4.69) is 0 Å². The predicted molar refractivity (Wildman–Crippen MR) is 37.6 cm³/mol. The van der Waals surface area contributed by atoms with Gasteiger partial charge in [0.2, 0.25) is 5.78 Å². The Labute approximate surface area is 60.6 Å². The molecule has 0 N–H and O–H groups in total. The van der Waals surface area contributed by atoms with Gasteiger partial charge in [0, 0.05) is 12.3 Å². The molecule has 1 rings (SSSR count). The van der Waals surface area contributed by atoms with Gasteiger partial charge in [0.15, 0.2) is 5.78 Å². The highest BCUT2D eigenvalue weighted by atomic mass is 16.2. The molecule has 1 fully saturated rings. The highest BCUT2D eigenvalue weighted by molar-refractivity contribution is 6.38. The molecule has 0 radical (unpaired) electrons. The Morgan fingerprint density at radius 1 is 1.40 bits per heavy atom. The minimum atomic E-state index is -0.190. The molecule has 0 aromatic heterocycles. The maximum atomic E-state index is 11.0. The zero-order valence-corrected chi connectivity index (χ0v) is 6.22. The molecule has 0 aromatic carbocycles. The van der Waals surface area contributed by atoms with Crippen LogP contribution < -0.4 is 0 Å². The van der Waals surface area contributed by atoms with Gasteiger partial charge in [0.25, 0.3) is 0 Å². The Kier molecular flexibility index (Phi) is 2.20. The fourth-order valence-corrected chi connectivity index (χ4v) is 1.07. The Balaban J connectivity index is 2.39. The molecule has 0 spiro atoms. The second-order valence-electron chi connectivity index (χ2n) is 2.77. The lowest BCUT2D eigenvalue weighted by Gasteiger charge is -2.22. The van der Waals surface area contributed by atoms with Crippen molar-refractivity contribution in [3.8, 4) is 0 Å². The summed E-state index contributed by atoms with van der Waals surface area (Å²) in [7, 11) is 0. The fourth-order valence-electron chi connectivity index (χ4n) is 1.07. The molecular formula is C8H12O2. The first-order chi connectivity index (χ1) is 4.75. The van der Waals surface area contributed by atoms with E-state index in [9.17, 15) is 9.59 Å². The highest BCUT2D eigenvalue weighted by Gasteiger charge is 2.28. The summed E-state index contributed by atoms with van der Waals surface area (Å²) in [6.45, 7) is 1.74. The highest BCUT2D eigenvalue weighted by Crippen LogP contribution is 2.27. The average Bonchev–Trinajstić information content (AvgIpc) is 1.82. The van der Waals surface area contributed by atoms with Gasteiger partial charge in [-0.25, -0.2) is 0 Å². The third-order valence-electron chi connectivity index (χ3n) is 2.07. The summed E-state index contributed by atoms with van der Waals surface area (Å²) in [4.78, 5) is 21.8. The lowest BCUT2D eigenvalue weighted by molar-refractivity contribution is -0.140. The summed E-state index contributed by atoms with van der Waals surface area (Å²) >= 11 is 0. The van der Waals surface area contributed by atoms with Crippen molar-refractivity contribution < 1.29 is 9.59 Å². The van der Waals surface area contributed by atoms with Crippen LogP contribution in [0.15, 0.2) is 0 Å². The quantitative estimate of drug-likeness (QED) is 0.554. The molecule has 0 aliphatic heterocycles. The molecule has 0 atom stereocenters. The number of rotatable bonds is 3. The molecule has 1 aliphatic carbocycles. The van der Waals surface area contributed by atoms with Gasteiger partial charge in [-0.15, -0.1) is 0 Å². The second-order valence-corrected chi connectivity index (χ2v) is 2.77. The van der Waals surface area contributed by atoms with Crippen molar-refractivity contribution >= 4 is 11.6 Å². The molecule has 0 saturated heterocycles. The van der Waals surface area contributed by atoms with Crippen LogP contribution in [-0.4, -0.2) is 11.6 Å². The van der Waals surface area contributed by atoms with E-state index in [1.54, 1.807) is 6.92 Å². The first-order valence-electron chi connectivity index (χ1n) is 3.82. The SMILES string of the molecule is CCC(=O)C(=O)C1CCC1. The van der Waals surface area contributed by atoms with Crippen LogP contribution in [0.25, 0.3) is 0 Å². The van der Waals surface area contributed by atoms with Gasteiger partial charge in [-0.2, -0.15) is 0 Å². The molecule has 0 amide bonds. The minimum Gasteiger partial charge on any atom is -0.291 e. The first kappa shape index (κ1) is 7.45. The van der Waals surface area contributed by atoms with Crippen LogP contribution in [0.1, 0.15) is 32.6 Å². The van der Waals surface area contributed by atoms with Crippen molar-refractivity contribution in [2.24, 2.45) is 5.92 Å². The molecule has 0 bridgehead atoms. The van der Waals surface area contributed by atoms with Crippen LogP contribution in [0.3, 0.4) is 0 Å². The second kappa shape index (κ2) is 2.95. The summed E-state index contributed by atoms with van der Waals surface area (Å²) in [5.41, 5.74) is 0. The average molecular weight is 140 g/mol. The van der Waals surface area contributed by atoms with E-state index in [1.165, 1.54) is 0 Å². The lowest BCUT2D eigenvalue weighted by Crippen LogP contribution is -2.28. The van der Waals surface area contributed by atoms with Crippen molar-refractivity contribution in [3.63, 3.8) is 0 Å². The van der Waals surface area contributed by atoms with E-state index in [1.807, 2.05) is 0 Å². The summed E-state index contributed by atoms with van der Waals surface area (Å²) < 4.78 is 0. The molecule has 10 heavy (non-hydrogen) atoms. The van der Waals surface area contributed by atoms with E-state index in [-0.39, 0.29) is 17.5 Å². The van der Waals surface area contributed by atoms with Crippen molar-refractivity contribution in [2.75, 3.05) is 0 Å². The molecule has 1 saturated carbocycles. The summed E-state index contributed by atoms with van der Waals surface area (Å²) in [6.07, 6.45) is 3.36. The monoisotopic (exact) mass is 140 g/mol. The normalized spacial score (nSPS) is 18.1. The first-order valence-corrected chi connectivity index (χ1v) is 3.82. The van der Waals surface area contributed by atoms with Crippen LogP contribution in [0.5, 0.6) is 0 Å². The summed E-state index contributed by atoms with van der Waals surface area (Å²) in [5, 5.41) is 0. The number of hydrogen-bond donors (Lipinski definition) is 0. The molecular weight excluding hydrogens is 128 g/mol. The summed E-state index contributed by atoms with van der Waals surface area (Å²) in [5.74, 6) is -0.231. The Morgan fingerprint density at radius 3 is 2.30 bits per heavy atom. The van der Waals surface area contributed by atoms with Crippen molar-refractivity contribution in [2.45, 2.75) is 32.6 Å². The zero-order chi connectivity index (χ0) is 7.56.